The molecule has 2 fully saturated rings. The van der Waals surface area contributed by atoms with Gasteiger partial charge in [0.25, 0.3) is 0 Å². The van der Waals surface area contributed by atoms with Crippen molar-refractivity contribution < 1.29 is 23.8 Å². The van der Waals surface area contributed by atoms with Crippen molar-refractivity contribution in [2.75, 3.05) is 13.2 Å². The monoisotopic (exact) mass is 461 g/mol. The van der Waals surface area contributed by atoms with Gasteiger partial charge < -0.3 is 14.6 Å². The van der Waals surface area contributed by atoms with Crippen molar-refractivity contribution in [3.63, 3.8) is 0 Å². The third-order valence-electron chi connectivity index (χ3n) is 7.03. The van der Waals surface area contributed by atoms with Crippen LogP contribution in [0.15, 0.2) is 42.6 Å². The number of aromatic amines is 1. The van der Waals surface area contributed by atoms with Crippen LogP contribution in [-0.2, 0) is 9.53 Å². The first-order valence-electron chi connectivity index (χ1n) is 11.6. The third kappa shape index (κ3) is 3.68. The van der Waals surface area contributed by atoms with E-state index in [1.54, 1.807) is 18.3 Å². The Labute approximate surface area is 194 Å². The van der Waals surface area contributed by atoms with Crippen molar-refractivity contribution in [1.82, 2.24) is 15.2 Å². The van der Waals surface area contributed by atoms with E-state index in [2.05, 4.69) is 16.3 Å². The second-order valence-corrected chi connectivity index (χ2v) is 9.17. The number of pyridine rings is 1. The molecule has 0 amide bonds. The van der Waals surface area contributed by atoms with E-state index in [0.717, 1.165) is 51.3 Å². The summed E-state index contributed by atoms with van der Waals surface area (Å²) in [6.45, 7) is 1.30. The van der Waals surface area contributed by atoms with E-state index in [1.165, 1.54) is 12.1 Å². The summed E-state index contributed by atoms with van der Waals surface area (Å²) in [5, 5.41) is 18.4. The van der Waals surface area contributed by atoms with Gasteiger partial charge in [0, 0.05) is 29.5 Å². The summed E-state index contributed by atoms with van der Waals surface area (Å²) < 4.78 is 25.8. The minimum absolute atomic E-state index is 0.163. The normalized spacial score (nSPS) is 21.0. The molecule has 6 rings (SSSR count). The fourth-order valence-electron chi connectivity index (χ4n) is 5.10. The third-order valence-corrected chi connectivity index (χ3v) is 7.03. The van der Waals surface area contributed by atoms with Gasteiger partial charge in [-0.05, 0) is 67.0 Å². The Hall–Kier alpha value is -3.52. The summed E-state index contributed by atoms with van der Waals surface area (Å²) in [4.78, 5) is 16.3. The number of carboxylic acid groups (broad SMARTS) is 1. The van der Waals surface area contributed by atoms with E-state index < -0.39 is 5.97 Å². The highest BCUT2D eigenvalue weighted by atomic mass is 19.1. The van der Waals surface area contributed by atoms with Gasteiger partial charge in [-0.25, -0.2) is 9.37 Å². The van der Waals surface area contributed by atoms with Gasteiger partial charge in [0.15, 0.2) is 0 Å². The van der Waals surface area contributed by atoms with E-state index >= 15 is 0 Å². The molecule has 1 aliphatic carbocycles. The molecule has 7 nitrogen and oxygen atoms in total. The average molecular weight is 461 g/mol. The molecule has 34 heavy (non-hydrogen) atoms. The van der Waals surface area contributed by atoms with Gasteiger partial charge in [-0.2, -0.15) is 5.10 Å². The van der Waals surface area contributed by atoms with Crippen LogP contribution in [0.25, 0.3) is 32.9 Å². The fourth-order valence-corrected chi connectivity index (χ4v) is 5.10. The number of ether oxygens (including phenoxy) is 2. The Balaban J connectivity index is 1.57. The van der Waals surface area contributed by atoms with E-state index in [4.69, 9.17) is 14.5 Å². The minimum atomic E-state index is -0.787. The Kier molecular flexibility index (Phi) is 5.17. The second-order valence-electron chi connectivity index (χ2n) is 9.17. The number of nitrogens with zero attached hydrogens (tertiary/aromatic N) is 2. The van der Waals surface area contributed by atoms with Crippen LogP contribution in [0, 0.1) is 11.7 Å². The van der Waals surface area contributed by atoms with Gasteiger partial charge in [-0.3, -0.25) is 9.89 Å². The number of rotatable bonds is 5. The topological polar surface area (TPSA) is 97.3 Å². The number of hydrogen-bond donors (Lipinski definition) is 2. The van der Waals surface area contributed by atoms with Gasteiger partial charge in [0.2, 0.25) is 5.88 Å². The van der Waals surface area contributed by atoms with Crippen LogP contribution in [-0.4, -0.2) is 45.6 Å². The highest BCUT2D eigenvalue weighted by Crippen LogP contribution is 2.45. The number of fused-ring (bicyclic) bond motifs is 2. The van der Waals surface area contributed by atoms with Crippen molar-refractivity contribution in [1.29, 1.82) is 0 Å². The number of aromatic nitrogens is 3. The molecule has 0 radical (unpaired) electrons. The Morgan fingerprint density at radius 2 is 1.91 bits per heavy atom. The maximum absolute atomic E-state index is 13.8. The Morgan fingerprint density at radius 1 is 1.15 bits per heavy atom. The molecule has 2 aromatic carbocycles. The van der Waals surface area contributed by atoms with Gasteiger partial charge in [0.1, 0.15) is 11.9 Å². The lowest BCUT2D eigenvalue weighted by molar-refractivity contribution is -0.148. The fraction of sp³-hybridized carbons (Fsp3) is 0.346. The summed E-state index contributed by atoms with van der Waals surface area (Å²) in [6.07, 6.45) is 4.17. The van der Waals surface area contributed by atoms with Gasteiger partial charge in [-0.1, -0.05) is 12.1 Å². The smallest absolute Gasteiger partial charge is 0.306 e. The quantitative estimate of drug-likeness (QED) is 0.432. The molecule has 1 saturated carbocycles. The number of H-pyrrole nitrogens is 1. The predicted molar refractivity (Wildman–Crippen MR) is 124 cm³/mol. The number of nitrogens with one attached hydrogen (secondary N) is 1. The van der Waals surface area contributed by atoms with Crippen LogP contribution in [0.5, 0.6) is 5.88 Å². The average Bonchev–Trinajstić information content (AvgIpc) is 3.27. The molecule has 4 aromatic rings. The molecule has 8 heteroatoms. The maximum atomic E-state index is 13.8. The zero-order valence-electron chi connectivity index (χ0n) is 18.5. The zero-order valence-corrected chi connectivity index (χ0v) is 18.5. The number of benzene rings is 2. The van der Waals surface area contributed by atoms with Crippen LogP contribution >= 0.6 is 0 Å². The molecular formula is C26H24FN3O4. The second kappa shape index (κ2) is 8.36. The lowest BCUT2D eigenvalue weighted by Gasteiger charge is -2.34. The van der Waals surface area contributed by atoms with Crippen LogP contribution in [0.2, 0.25) is 0 Å². The number of carbonyl (C=O) groups is 1. The highest BCUT2D eigenvalue weighted by molar-refractivity contribution is 6.04. The highest BCUT2D eigenvalue weighted by Gasteiger charge is 2.38. The lowest BCUT2D eigenvalue weighted by Crippen LogP contribution is -2.38. The lowest BCUT2D eigenvalue weighted by atomic mass is 9.82. The van der Waals surface area contributed by atoms with E-state index in [9.17, 15) is 14.3 Å². The summed E-state index contributed by atoms with van der Waals surface area (Å²) in [5.74, 6) is -0.761. The minimum Gasteiger partial charge on any atom is -0.481 e. The van der Waals surface area contributed by atoms with E-state index in [0.29, 0.717) is 31.9 Å². The van der Waals surface area contributed by atoms with Crippen LogP contribution < -0.4 is 4.74 Å². The standard InChI is InChI=1S/C26H24FN3O4/c27-18-3-1-14(2-4-18)23-20-11-17-13-28-30-21(17)12-22(20)29-25(24(23)15-5-7-33-8-6-15)34-19-9-16(10-19)26(31)32/h1-4,11-13,15-16,19H,5-10H2,(H,28,30)(H,31,32). The van der Waals surface area contributed by atoms with Crippen LogP contribution in [0.1, 0.15) is 37.2 Å². The zero-order chi connectivity index (χ0) is 23.2. The number of hydrogen-bond acceptors (Lipinski definition) is 5. The molecule has 0 atom stereocenters. The van der Waals surface area contributed by atoms with E-state index in [1.807, 2.05) is 6.07 Å². The molecule has 3 heterocycles. The summed E-state index contributed by atoms with van der Waals surface area (Å²) in [5.41, 5.74) is 4.47. The number of carboxylic acids is 1. The maximum Gasteiger partial charge on any atom is 0.306 e. The molecule has 1 aliphatic heterocycles. The van der Waals surface area contributed by atoms with Crippen LogP contribution in [0.4, 0.5) is 4.39 Å². The number of aliphatic carboxylic acids is 1. The van der Waals surface area contributed by atoms with E-state index in [-0.39, 0.29) is 23.8 Å². The van der Waals surface area contributed by atoms with Crippen LogP contribution in [0.3, 0.4) is 0 Å². The number of halogens is 1. The van der Waals surface area contributed by atoms with Crippen molar-refractivity contribution >= 4 is 27.8 Å². The SMILES string of the molecule is O=C(O)C1CC(Oc2nc3cc4[nH]ncc4cc3c(-c3ccc(F)cc3)c2C2CCOCC2)C1. The largest absolute Gasteiger partial charge is 0.481 e. The first-order chi connectivity index (χ1) is 16.6. The summed E-state index contributed by atoms with van der Waals surface area (Å²) >= 11 is 0. The summed E-state index contributed by atoms with van der Waals surface area (Å²) in [6, 6.07) is 10.5. The van der Waals surface area contributed by atoms with Gasteiger partial charge in [-0.15, -0.1) is 0 Å². The van der Waals surface area contributed by atoms with Crippen molar-refractivity contribution in [2.45, 2.75) is 37.7 Å². The molecule has 0 spiro atoms. The van der Waals surface area contributed by atoms with Crippen molar-refractivity contribution in [3.8, 4) is 17.0 Å². The molecule has 1 saturated heterocycles. The molecular weight excluding hydrogens is 437 g/mol. The predicted octanol–water partition coefficient (Wildman–Crippen LogP) is 5.05. The molecule has 0 bridgehead atoms. The molecule has 174 valence electrons. The Morgan fingerprint density at radius 3 is 2.65 bits per heavy atom. The summed E-state index contributed by atoms with van der Waals surface area (Å²) in [7, 11) is 0. The molecule has 2 N–H and O–H groups in total. The first kappa shape index (κ1) is 21.0. The Bertz CT molecular complexity index is 1370. The molecule has 2 aromatic heterocycles. The first-order valence-corrected chi connectivity index (χ1v) is 11.6. The van der Waals surface area contributed by atoms with Crippen molar-refractivity contribution in [3.05, 3.63) is 54.0 Å². The molecule has 2 aliphatic rings. The van der Waals surface area contributed by atoms with Gasteiger partial charge >= 0.3 is 5.97 Å². The van der Waals surface area contributed by atoms with Crippen molar-refractivity contribution in [2.24, 2.45) is 5.92 Å². The molecule has 0 unspecified atom stereocenters. The van der Waals surface area contributed by atoms with Gasteiger partial charge in [0.05, 0.1) is 23.1 Å².